The normalized spacial score (nSPS) is 6.75. The van der Waals surface area contributed by atoms with Crippen LogP contribution in [0.1, 0.15) is 0 Å². The minimum atomic E-state index is -5.11. The average molecular weight is 302 g/mol. The molecule has 0 radical (unpaired) electrons. The van der Waals surface area contributed by atoms with Crippen molar-refractivity contribution < 1.29 is 108 Å². The van der Waals surface area contributed by atoms with Gasteiger partial charge in [-0.15, -0.1) is 0 Å². The molecule has 16 heavy (non-hydrogen) atoms. The van der Waals surface area contributed by atoms with Gasteiger partial charge in [0.2, 0.25) is 0 Å². The van der Waals surface area contributed by atoms with E-state index in [4.69, 9.17) is 49.2 Å². The SMILES string of the molecule is O=C(O)O.O=C([O-])[O-].[Ca+2].[Na+].[Na+].[O-][Si]([O-])(O)O. The average Bonchev–Trinajstić information content (AvgIpc) is 1.50. The third kappa shape index (κ3) is 1020. The van der Waals surface area contributed by atoms with Crippen molar-refractivity contribution in [2.75, 3.05) is 0 Å². The van der Waals surface area contributed by atoms with E-state index in [0.717, 1.165) is 0 Å². The number of carboxylic acid groups (broad SMARTS) is 4. The molecule has 0 saturated carbocycles. The summed E-state index contributed by atoms with van der Waals surface area (Å²) >= 11 is 0. The summed E-state index contributed by atoms with van der Waals surface area (Å²) in [5.74, 6) is 0. The molecule has 0 aliphatic heterocycles. The van der Waals surface area contributed by atoms with Gasteiger partial charge in [-0.3, -0.25) is 0 Å². The molecule has 14 heteroatoms. The Labute approximate surface area is 165 Å². The van der Waals surface area contributed by atoms with Crippen LogP contribution in [0.5, 0.6) is 0 Å². The summed E-state index contributed by atoms with van der Waals surface area (Å²) in [6.07, 6.45) is -4.17. The third-order valence-corrected chi connectivity index (χ3v) is 0. The van der Waals surface area contributed by atoms with Crippen LogP contribution in [0.3, 0.4) is 0 Å². The molecule has 0 atom stereocenters. The summed E-state index contributed by atoms with van der Waals surface area (Å²) in [5, 5.41) is 30.6. The molecule has 10 nitrogen and oxygen atoms in total. The van der Waals surface area contributed by atoms with Gasteiger partial charge in [0, 0.05) is 0 Å². The summed E-state index contributed by atoms with van der Waals surface area (Å²) in [6.45, 7) is 0. The molecule has 0 aliphatic rings. The van der Waals surface area contributed by atoms with E-state index in [1.807, 2.05) is 0 Å². The molecule has 0 aromatic carbocycles. The number of hydrogen-bond acceptors (Lipinski definition) is 8. The van der Waals surface area contributed by atoms with E-state index in [0.29, 0.717) is 0 Å². The molecular formula is C2H4CaNa2O10Si. The molecule has 0 aromatic rings. The molecule has 0 spiro atoms. The second-order valence-corrected chi connectivity index (χ2v) is 2.18. The number of carbonyl (C=O) groups excluding carboxylic acids is 1. The van der Waals surface area contributed by atoms with Gasteiger partial charge in [-0.2, -0.15) is 0 Å². The zero-order valence-electron chi connectivity index (χ0n) is 8.45. The van der Waals surface area contributed by atoms with Crippen molar-refractivity contribution in [2.24, 2.45) is 0 Å². The Morgan fingerprint density at radius 2 is 0.938 bits per heavy atom. The molecule has 0 aliphatic carbocycles. The van der Waals surface area contributed by atoms with Crippen molar-refractivity contribution in [2.45, 2.75) is 0 Å². The molecule has 0 aromatic heterocycles. The van der Waals surface area contributed by atoms with Gasteiger partial charge in [-0.1, -0.05) is 0 Å². The fourth-order valence-electron chi connectivity index (χ4n) is 0. The predicted octanol–water partition coefficient (Wildman–Crippen LogP) is -12.5. The Kier molecular flexibility index (Phi) is 49.8. The molecule has 4 N–H and O–H groups in total. The summed E-state index contributed by atoms with van der Waals surface area (Å²) in [4.78, 5) is 48.7. The molecular weight excluding hydrogens is 298 g/mol. The number of rotatable bonds is 0. The van der Waals surface area contributed by atoms with Crippen LogP contribution in [0.25, 0.3) is 0 Å². The molecule has 80 valence electrons. The summed E-state index contributed by atoms with van der Waals surface area (Å²) in [6, 6.07) is 0. The van der Waals surface area contributed by atoms with E-state index in [-0.39, 0.29) is 96.9 Å². The number of hydrogen-bond donors (Lipinski definition) is 4. The fraction of sp³-hybridized carbons (Fsp3) is 0. The molecule has 0 amide bonds. The maximum atomic E-state index is 8.80. The first kappa shape index (κ1) is 36.1. The van der Waals surface area contributed by atoms with Gasteiger partial charge < -0.3 is 44.4 Å². The topological polar surface area (TPSA) is 207 Å². The molecule has 0 unspecified atom stereocenters. The van der Waals surface area contributed by atoms with E-state index in [1.165, 1.54) is 0 Å². The summed E-state index contributed by atoms with van der Waals surface area (Å²) in [5.41, 5.74) is 0. The zero-order chi connectivity index (χ0) is 11.7. The fourth-order valence-corrected chi connectivity index (χ4v) is 0. The zero-order valence-corrected chi connectivity index (χ0v) is 15.7. The van der Waals surface area contributed by atoms with Gasteiger partial charge in [-0.25, -0.2) is 4.79 Å². The Morgan fingerprint density at radius 1 is 0.938 bits per heavy atom. The predicted molar refractivity (Wildman–Crippen MR) is 32.0 cm³/mol. The van der Waals surface area contributed by atoms with Crippen LogP contribution in [0.2, 0.25) is 0 Å². The standard InChI is InChI=1S/2CH2O3.Ca.2Na.H2O4Si/c2*2-1(3)4;;;;1-5(2,3)4/h2*(H2,2,3,4);;;;1-2H/q;;+2;2*+1;-2/p-2. The maximum absolute atomic E-state index is 8.80. The van der Waals surface area contributed by atoms with Crippen LogP contribution in [0.15, 0.2) is 0 Å². The monoisotopic (exact) mass is 302 g/mol. The Morgan fingerprint density at radius 3 is 0.938 bits per heavy atom. The van der Waals surface area contributed by atoms with Crippen molar-refractivity contribution in [3.05, 3.63) is 0 Å². The number of carbonyl (C=O) groups is 2. The maximum Gasteiger partial charge on any atom is 2.00 e. The molecule has 0 rings (SSSR count). The second kappa shape index (κ2) is 22.1. The Bertz CT molecular complexity index is 133. The van der Waals surface area contributed by atoms with Crippen molar-refractivity contribution in [3.63, 3.8) is 0 Å². The second-order valence-electron chi connectivity index (χ2n) is 1.08. The minimum absolute atomic E-state index is 0. The van der Waals surface area contributed by atoms with Crippen LogP contribution in [-0.4, -0.2) is 78.9 Å². The van der Waals surface area contributed by atoms with Crippen molar-refractivity contribution in [1.29, 1.82) is 0 Å². The Hall–Kier alpha value is 1.86. The van der Waals surface area contributed by atoms with Crippen LogP contribution in [-0.2, 0) is 0 Å². The van der Waals surface area contributed by atoms with Crippen LogP contribution in [0, 0.1) is 0 Å². The summed E-state index contributed by atoms with van der Waals surface area (Å²) in [7, 11) is -5.11. The quantitative estimate of drug-likeness (QED) is 0.310. The van der Waals surface area contributed by atoms with Gasteiger partial charge in [-0.05, 0) is 6.16 Å². The minimum Gasteiger partial charge on any atom is -0.828 e. The van der Waals surface area contributed by atoms with Crippen LogP contribution >= 0.6 is 0 Å². The van der Waals surface area contributed by atoms with E-state index >= 15 is 0 Å². The van der Waals surface area contributed by atoms with Crippen LogP contribution in [0.4, 0.5) is 9.59 Å². The Balaban J connectivity index is -0.0000000216. The van der Waals surface area contributed by atoms with Gasteiger partial charge in [0.15, 0.2) is 0 Å². The van der Waals surface area contributed by atoms with Crippen LogP contribution < -0.4 is 78.9 Å². The van der Waals surface area contributed by atoms with E-state index in [2.05, 4.69) is 0 Å². The molecule has 0 heterocycles. The molecule has 0 fully saturated rings. The summed E-state index contributed by atoms with van der Waals surface area (Å²) < 4.78 is 0. The van der Waals surface area contributed by atoms with Crippen molar-refractivity contribution in [3.8, 4) is 0 Å². The molecule has 0 bridgehead atoms. The van der Waals surface area contributed by atoms with Gasteiger partial charge in [0.1, 0.15) is 9.05 Å². The third-order valence-electron chi connectivity index (χ3n) is 0. The van der Waals surface area contributed by atoms with Crippen molar-refractivity contribution >= 4 is 59.1 Å². The first-order valence-electron chi connectivity index (χ1n) is 2.12. The van der Waals surface area contributed by atoms with E-state index in [9.17, 15) is 0 Å². The largest absolute Gasteiger partial charge is 2.00 e. The smallest absolute Gasteiger partial charge is 0.828 e. The first-order valence-corrected chi connectivity index (χ1v) is 3.83. The van der Waals surface area contributed by atoms with E-state index in [1.54, 1.807) is 0 Å². The van der Waals surface area contributed by atoms with Gasteiger partial charge >= 0.3 is 103 Å². The van der Waals surface area contributed by atoms with Gasteiger partial charge in [0.25, 0.3) is 0 Å². The van der Waals surface area contributed by atoms with Crippen molar-refractivity contribution in [1.82, 2.24) is 0 Å². The molecule has 0 saturated heterocycles. The first-order chi connectivity index (χ1) is 5.46. The van der Waals surface area contributed by atoms with E-state index < -0.39 is 21.4 Å². The van der Waals surface area contributed by atoms with Gasteiger partial charge in [0.05, 0.1) is 0 Å².